The van der Waals surface area contributed by atoms with Crippen molar-refractivity contribution in [2.24, 2.45) is 0 Å². The third kappa shape index (κ3) is 8.92. The lowest BCUT2D eigenvalue weighted by Crippen LogP contribution is -2.15. The second-order valence-corrected chi connectivity index (χ2v) is 8.09. The largest absolute Gasteiger partial charge is 0.514 e. The van der Waals surface area contributed by atoms with Gasteiger partial charge in [-0.3, -0.25) is 10.1 Å². The van der Waals surface area contributed by atoms with Gasteiger partial charge < -0.3 is 18.9 Å². The van der Waals surface area contributed by atoms with Gasteiger partial charge in [-0.2, -0.15) is 0 Å². The Morgan fingerprint density at radius 3 is 2.09 bits per heavy atom. The van der Waals surface area contributed by atoms with Crippen LogP contribution in [0, 0.1) is 10.1 Å². The number of carbonyl (C=O) groups excluding carboxylic acids is 1. The highest BCUT2D eigenvalue weighted by atomic mass is 16.7. The topological polar surface area (TPSA) is 97.1 Å². The lowest BCUT2D eigenvalue weighted by atomic mass is 10.0. The molecule has 0 N–H and O–H groups in total. The summed E-state index contributed by atoms with van der Waals surface area (Å²) in [5, 5.41) is 10.8. The molecule has 186 valence electrons. The molecule has 8 nitrogen and oxygen atoms in total. The number of nitrogens with zero attached hydrogens (tertiary/aromatic N) is 1. The first kappa shape index (κ1) is 27.0. The SMILES string of the molecule is CCCCCCCCCCC(OC(=O)Oc1ccc([N+](=O)[O-])cc1)c1ccc(OC)c(OC)c1. The Balaban J connectivity index is 2.01. The molecule has 1 atom stereocenters. The molecule has 34 heavy (non-hydrogen) atoms. The van der Waals surface area contributed by atoms with Crippen molar-refractivity contribution < 1.29 is 28.7 Å². The van der Waals surface area contributed by atoms with Crippen molar-refractivity contribution in [2.75, 3.05) is 14.2 Å². The Labute approximate surface area is 201 Å². The molecule has 2 aromatic rings. The summed E-state index contributed by atoms with van der Waals surface area (Å²) in [7, 11) is 3.12. The summed E-state index contributed by atoms with van der Waals surface area (Å²) in [5.74, 6) is 1.31. The van der Waals surface area contributed by atoms with E-state index in [-0.39, 0.29) is 11.4 Å². The zero-order valence-corrected chi connectivity index (χ0v) is 20.3. The number of rotatable bonds is 15. The smallest absolute Gasteiger partial charge is 0.493 e. The van der Waals surface area contributed by atoms with Crippen molar-refractivity contribution in [1.29, 1.82) is 0 Å². The molecule has 2 rings (SSSR count). The molecule has 0 saturated heterocycles. The van der Waals surface area contributed by atoms with Crippen LogP contribution in [0.3, 0.4) is 0 Å². The molecule has 0 saturated carbocycles. The minimum atomic E-state index is -0.867. The quantitative estimate of drug-likeness (QED) is 0.0873. The molecule has 0 spiro atoms. The van der Waals surface area contributed by atoms with Gasteiger partial charge in [0.2, 0.25) is 0 Å². The minimum Gasteiger partial charge on any atom is -0.493 e. The number of nitro benzene ring substituents is 1. The third-order valence-corrected chi connectivity index (χ3v) is 5.59. The van der Waals surface area contributed by atoms with Crippen LogP contribution in [0.25, 0.3) is 0 Å². The molecule has 0 bridgehead atoms. The summed E-state index contributed by atoms with van der Waals surface area (Å²) >= 11 is 0. The number of methoxy groups -OCH3 is 2. The first-order chi connectivity index (χ1) is 16.5. The second kappa shape index (κ2) is 14.8. The Morgan fingerprint density at radius 2 is 1.50 bits per heavy atom. The number of nitro groups is 1. The molecule has 1 unspecified atom stereocenters. The molecule has 8 heteroatoms. The highest BCUT2D eigenvalue weighted by molar-refractivity contribution is 5.64. The van der Waals surface area contributed by atoms with Gasteiger partial charge in [-0.1, -0.05) is 57.9 Å². The van der Waals surface area contributed by atoms with E-state index in [0.717, 1.165) is 24.8 Å². The molecule has 0 aliphatic carbocycles. The molecule has 0 amide bonds. The lowest BCUT2D eigenvalue weighted by Gasteiger charge is -2.19. The zero-order valence-electron chi connectivity index (χ0n) is 20.3. The van der Waals surface area contributed by atoms with E-state index >= 15 is 0 Å². The van der Waals surface area contributed by atoms with Gasteiger partial charge in [0.05, 0.1) is 19.1 Å². The summed E-state index contributed by atoms with van der Waals surface area (Å²) in [4.78, 5) is 22.8. The van der Waals surface area contributed by atoms with Gasteiger partial charge in [0, 0.05) is 12.1 Å². The number of hydrogen-bond donors (Lipinski definition) is 0. The fraction of sp³-hybridized carbons (Fsp3) is 0.500. The van der Waals surface area contributed by atoms with E-state index in [1.165, 1.54) is 56.4 Å². The van der Waals surface area contributed by atoms with Crippen LogP contribution < -0.4 is 14.2 Å². The van der Waals surface area contributed by atoms with Gasteiger partial charge in [0.25, 0.3) is 5.69 Å². The average molecular weight is 474 g/mol. The maximum absolute atomic E-state index is 12.5. The van der Waals surface area contributed by atoms with Crippen LogP contribution in [0.1, 0.15) is 76.4 Å². The molecule has 2 aromatic carbocycles. The Morgan fingerprint density at radius 1 is 0.882 bits per heavy atom. The van der Waals surface area contributed by atoms with E-state index in [1.54, 1.807) is 26.4 Å². The molecular formula is C26H35NO7. The summed E-state index contributed by atoms with van der Waals surface area (Å²) in [6, 6.07) is 10.7. The number of carbonyl (C=O) groups is 1. The highest BCUT2D eigenvalue weighted by Gasteiger charge is 2.20. The molecule has 0 aliphatic heterocycles. The molecular weight excluding hydrogens is 438 g/mol. The van der Waals surface area contributed by atoms with E-state index in [4.69, 9.17) is 18.9 Å². The van der Waals surface area contributed by atoms with Gasteiger partial charge in [0.15, 0.2) is 11.5 Å². The summed E-state index contributed by atoms with van der Waals surface area (Å²) in [6.07, 6.45) is 8.62. The first-order valence-electron chi connectivity index (χ1n) is 11.8. The van der Waals surface area contributed by atoms with Gasteiger partial charge >= 0.3 is 6.16 Å². The van der Waals surface area contributed by atoms with E-state index in [0.29, 0.717) is 17.9 Å². The third-order valence-electron chi connectivity index (χ3n) is 5.59. The number of non-ortho nitro benzene ring substituents is 1. The molecule has 0 heterocycles. The lowest BCUT2D eigenvalue weighted by molar-refractivity contribution is -0.384. The van der Waals surface area contributed by atoms with E-state index in [2.05, 4.69) is 6.92 Å². The molecule has 0 aliphatic rings. The average Bonchev–Trinajstić information content (AvgIpc) is 2.84. The van der Waals surface area contributed by atoms with Crippen LogP contribution in [0.15, 0.2) is 42.5 Å². The fourth-order valence-electron chi connectivity index (χ4n) is 3.68. The fourth-order valence-corrected chi connectivity index (χ4v) is 3.68. The van der Waals surface area contributed by atoms with Gasteiger partial charge in [-0.25, -0.2) is 4.79 Å². The standard InChI is InChI=1S/C26H35NO7/c1-4-5-6-7-8-9-10-11-12-23(20-13-18-24(31-2)25(19-20)32-3)34-26(28)33-22-16-14-21(15-17-22)27(29)30/h13-19,23H,4-12H2,1-3H3. The van der Waals surface area contributed by atoms with Crippen LogP contribution in [0.5, 0.6) is 17.2 Å². The van der Waals surface area contributed by atoms with Crippen LogP contribution in [-0.4, -0.2) is 25.3 Å². The van der Waals surface area contributed by atoms with Gasteiger partial charge in [0.1, 0.15) is 11.9 Å². The molecule has 0 aromatic heterocycles. The predicted octanol–water partition coefficient (Wildman–Crippen LogP) is 7.40. The first-order valence-corrected chi connectivity index (χ1v) is 11.8. The van der Waals surface area contributed by atoms with Gasteiger partial charge in [-0.05, 0) is 42.7 Å². The van der Waals surface area contributed by atoms with E-state index in [9.17, 15) is 14.9 Å². The Kier molecular flexibility index (Phi) is 11.7. The van der Waals surface area contributed by atoms with Crippen LogP contribution >= 0.6 is 0 Å². The van der Waals surface area contributed by atoms with Crippen LogP contribution in [0.4, 0.5) is 10.5 Å². The number of hydrogen-bond acceptors (Lipinski definition) is 7. The van der Waals surface area contributed by atoms with E-state index in [1.807, 2.05) is 6.07 Å². The molecule has 0 fully saturated rings. The maximum Gasteiger partial charge on any atom is 0.514 e. The van der Waals surface area contributed by atoms with Crippen LogP contribution in [-0.2, 0) is 4.74 Å². The Bertz CT molecular complexity index is 899. The zero-order chi connectivity index (χ0) is 24.8. The van der Waals surface area contributed by atoms with Crippen molar-refractivity contribution >= 4 is 11.8 Å². The predicted molar refractivity (Wildman–Crippen MR) is 130 cm³/mol. The van der Waals surface area contributed by atoms with Crippen molar-refractivity contribution in [1.82, 2.24) is 0 Å². The second-order valence-electron chi connectivity index (χ2n) is 8.09. The van der Waals surface area contributed by atoms with Crippen molar-refractivity contribution in [3.8, 4) is 17.2 Å². The molecule has 0 radical (unpaired) electrons. The van der Waals surface area contributed by atoms with Crippen molar-refractivity contribution in [3.63, 3.8) is 0 Å². The monoisotopic (exact) mass is 473 g/mol. The van der Waals surface area contributed by atoms with E-state index < -0.39 is 17.2 Å². The van der Waals surface area contributed by atoms with Gasteiger partial charge in [-0.15, -0.1) is 0 Å². The number of unbranched alkanes of at least 4 members (excludes halogenated alkanes) is 7. The maximum atomic E-state index is 12.5. The van der Waals surface area contributed by atoms with Crippen molar-refractivity contribution in [2.45, 2.75) is 70.8 Å². The highest BCUT2D eigenvalue weighted by Crippen LogP contribution is 2.33. The normalized spacial score (nSPS) is 11.5. The summed E-state index contributed by atoms with van der Waals surface area (Å²) in [5.41, 5.74) is 0.694. The van der Waals surface area contributed by atoms with Crippen LogP contribution in [0.2, 0.25) is 0 Å². The summed E-state index contributed by atoms with van der Waals surface area (Å²) < 4.78 is 21.6. The Hall–Kier alpha value is -3.29. The number of benzene rings is 2. The summed E-state index contributed by atoms with van der Waals surface area (Å²) in [6.45, 7) is 2.21. The number of ether oxygens (including phenoxy) is 4. The van der Waals surface area contributed by atoms with Crippen molar-refractivity contribution in [3.05, 3.63) is 58.1 Å². The minimum absolute atomic E-state index is 0.0846.